The predicted octanol–water partition coefficient (Wildman–Crippen LogP) is 2.99. The van der Waals surface area contributed by atoms with Crippen molar-refractivity contribution in [1.29, 1.82) is 0 Å². The molecule has 2 aromatic heterocycles. The fraction of sp³-hybridized carbons (Fsp3) is 0.421. The molecule has 1 fully saturated rings. The maximum absolute atomic E-state index is 6.28. The Hall–Kier alpha value is -2.27. The number of fused-ring (bicyclic) bond motifs is 1. The molecular formula is C19H24N4O. The van der Waals surface area contributed by atoms with E-state index in [4.69, 9.17) is 4.74 Å². The lowest BCUT2D eigenvalue weighted by Crippen LogP contribution is -2.39. The van der Waals surface area contributed by atoms with Gasteiger partial charge < -0.3 is 19.2 Å². The van der Waals surface area contributed by atoms with E-state index in [-0.39, 0.29) is 0 Å². The molecule has 3 heterocycles. The van der Waals surface area contributed by atoms with Crippen LogP contribution in [0.4, 0.5) is 0 Å². The monoisotopic (exact) mass is 324 g/mol. The smallest absolute Gasteiger partial charge is 0.129 e. The highest BCUT2D eigenvalue weighted by molar-refractivity contribution is 5.85. The number of aromatic nitrogens is 3. The largest absolute Gasteiger partial charge is 0.490 e. The Labute approximate surface area is 142 Å². The summed E-state index contributed by atoms with van der Waals surface area (Å²) in [6, 6.07) is 8.30. The molecule has 0 amide bonds. The van der Waals surface area contributed by atoms with Crippen LogP contribution in [0.15, 0.2) is 42.9 Å². The minimum absolute atomic E-state index is 0.315. The standard InChI is InChI=1S/C19H24N4O/c1-22-14-10-21-19(22)8-13-23-11-6-15(7-12-23)24-18-4-2-3-17-16(18)5-9-20-17/h2-5,9-10,14-15,20H,6-8,11-13H2,1H3. The Morgan fingerprint density at radius 1 is 1.25 bits per heavy atom. The van der Waals surface area contributed by atoms with Gasteiger partial charge in [-0.3, -0.25) is 0 Å². The maximum atomic E-state index is 6.28. The van der Waals surface area contributed by atoms with E-state index in [9.17, 15) is 0 Å². The van der Waals surface area contributed by atoms with E-state index < -0.39 is 0 Å². The van der Waals surface area contributed by atoms with Crippen molar-refractivity contribution in [2.24, 2.45) is 7.05 Å². The van der Waals surface area contributed by atoms with Crippen molar-refractivity contribution in [1.82, 2.24) is 19.4 Å². The fourth-order valence-corrected chi connectivity index (χ4v) is 3.49. The van der Waals surface area contributed by atoms with Gasteiger partial charge in [-0.1, -0.05) is 6.07 Å². The number of ether oxygens (including phenoxy) is 1. The summed E-state index contributed by atoms with van der Waals surface area (Å²) in [6.45, 7) is 3.27. The molecule has 0 bridgehead atoms. The van der Waals surface area contributed by atoms with E-state index in [1.807, 2.05) is 18.6 Å². The number of H-pyrrole nitrogens is 1. The summed E-state index contributed by atoms with van der Waals surface area (Å²) >= 11 is 0. The molecule has 5 heteroatoms. The van der Waals surface area contributed by atoms with Crippen LogP contribution in [-0.2, 0) is 13.5 Å². The molecule has 3 aromatic rings. The number of nitrogens with one attached hydrogen (secondary N) is 1. The number of benzene rings is 1. The molecule has 1 saturated heterocycles. The fourth-order valence-electron chi connectivity index (χ4n) is 3.49. The zero-order valence-electron chi connectivity index (χ0n) is 14.1. The van der Waals surface area contributed by atoms with Crippen LogP contribution in [0.2, 0.25) is 0 Å². The molecule has 126 valence electrons. The van der Waals surface area contributed by atoms with Crippen molar-refractivity contribution >= 4 is 10.9 Å². The first-order valence-corrected chi connectivity index (χ1v) is 8.71. The van der Waals surface area contributed by atoms with E-state index in [1.165, 1.54) is 5.39 Å². The van der Waals surface area contributed by atoms with Gasteiger partial charge in [0.2, 0.25) is 0 Å². The molecule has 0 atom stereocenters. The van der Waals surface area contributed by atoms with Crippen LogP contribution in [-0.4, -0.2) is 45.2 Å². The van der Waals surface area contributed by atoms with E-state index in [1.54, 1.807) is 0 Å². The number of aryl methyl sites for hydroxylation is 1. The van der Waals surface area contributed by atoms with Crippen molar-refractivity contribution in [3.05, 3.63) is 48.7 Å². The van der Waals surface area contributed by atoms with E-state index >= 15 is 0 Å². The van der Waals surface area contributed by atoms with Crippen molar-refractivity contribution in [2.45, 2.75) is 25.4 Å². The molecule has 0 aliphatic carbocycles. The van der Waals surface area contributed by atoms with Gasteiger partial charge in [-0.05, 0) is 31.0 Å². The van der Waals surface area contributed by atoms with Gasteiger partial charge in [-0.2, -0.15) is 0 Å². The minimum Gasteiger partial charge on any atom is -0.490 e. The third kappa shape index (κ3) is 3.17. The van der Waals surface area contributed by atoms with Crippen molar-refractivity contribution < 1.29 is 4.74 Å². The molecule has 1 N–H and O–H groups in total. The van der Waals surface area contributed by atoms with Crippen molar-refractivity contribution in [3.63, 3.8) is 0 Å². The van der Waals surface area contributed by atoms with Gasteiger partial charge in [0.05, 0.1) is 0 Å². The Morgan fingerprint density at radius 2 is 2.12 bits per heavy atom. The van der Waals surface area contributed by atoms with Gasteiger partial charge in [-0.15, -0.1) is 0 Å². The summed E-state index contributed by atoms with van der Waals surface area (Å²) in [5, 5.41) is 1.18. The third-order valence-electron chi connectivity index (χ3n) is 4.96. The van der Waals surface area contributed by atoms with Crippen LogP contribution in [0.5, 0.6) is 5.75 Å². The van der Waals surface area contributed by atoms with E-state index in [0.29, 0.717) is 6.10 Å². The molecule has 1 aromatic carbocycles. The molecule has 0 saturated carbocycles. The average molecular weight is 324 g/mol. The topological polar surface area (TPSA) is 46.1 Å². The second-order valence-electron chi connectivity index (χ2n) is 6.56. The third-order valence-corrected chi connectivity index (χ3v) is 4.96. The zero-order chi connectivity index (χ0) is 16.4. The molecule has 5 nitrogen and oxygen atoms in total. The van der Waals surface area contributed by atoms with Crippen LogP contribution in [0.1, 0.15) is 18.7 Å². The van der Waals surface area contributed by atoms with E-state index in [2.05, 4.69) is 50.7 Å². The lowest BCUT2D eigenvalue weighted by atomic mass is 10.1. The summed E-state index contributed by atoms with van der Waals surface area (Å²) in [4.78, 5) is 10.2. The van der Waals surface area contributed by atoms with Gasteiger partial charge >= 0.3 is 0 Å². The van der Waals surface area contributed by atoms with E-state index in [0.717, 1.165) is 56.0 Å². The van der Waals surface area contributed by atoms with Crippen LogP contribution < -0.4 is 4.74 Å². The van der Waals surface area contributed by atoms with Crippen molar-refractivity contribution in [2.75, 3.05) is 19.6 Å². The lowest BCUT2D eigenvalue weighted by molar-refractivity contribution is 0.102. The summed E-state index contributed by atoms with van der Waals surface area (Å²) in [7, 11) is 2.06. The Morgan fingerprint density at radius 3 is 2.92 bits per heavy atom. The second-order valence-corrected chi connectivity index (χ2v) is 6.56. The summed E-state index contributed by atoms with van der Waals surface area (Å²) < 4.78 is 8.39. The SMILES string of the molecule is Cn1ccnc1CCN1CCC(Oc2cccc3[nH]ccc23)CC1. The number of aromatic amines is 1. The second kappa shape index (κ2) is 6.69. The zero-order valence-corrected chi connectivity index (χ0v) is 14.1. The van der Waals surface area contributed by atoms with Gasteiger partial charge in [0.25, 0.3) is 0 Å². The molecule has 4 rings (SSSR count). The highest BCUT2D eigenvalue weighted by Gasteiger charge is 2.21. The molecule has 0 unspecified atom stereocenters. The quantitative estimate of drug-likeness (QED) is 0.785. The number of piperidine rings is 1. The molecule has 1 aliphatic heterocycles. The first-order chi connectivity index (χ1) is 11.8. The average Bonchev–Trinajstić information content (AvgIpc) is 3.24. The van der Waals surface area contributed by atoms with Crippen LogP contribution in [0, 0.1) is 0 Å². The first-order valence-electron chi connectivity index (χ1n) is 8.71. The summed E-state index contributed by atoms with van der Waals surface area (Å²) in [5.41, 5.74) is 1.14. The van der Waals surface area contributed by atoms with Gasteiger partial charge in [0.15, 0.2) is 0 Å². The molecule has 0 spiro atoms. The van der Waals surface area contributed by atoms with Crippen molar-refractivity contribution in [3.8, 4) is 5.75 Å². The minimum atomic E-state index is 0.315. The predicted molar refractivity (Wildman–Crippen MR) is 95.3 cm³/mol. The Kier molecular flexibility index (Phi) is 4.26. The molecule has 1 aliphatic rings. The normalized spacial score (nSPS) is 16.7. The van der Waals surface area contributed by atoms with Crippen LogP contribution in [0.25, 0.3) is 10.9 Å². The Bertz CT molecular complexity index is 798. The van der Waals surface area contributed by atoms with Gasteiger partial charge in [-0.25, -0.2) is 4.98 Å². The highest BCUT2D eigenvalue weighted by Crippen LogP contribution is 2.27. The number of imidazole rings is 1. The summed E-state index contributed by atoms with van der Waals surface area (Å²) in [6.07, 6.45) is 9.35. The number of likely N-dealkylation sites (tertiary alicyclic amines) is 1. The summed E-state index contributed by atoms with van der Waals surface area (Å²) in [5.74, 6) is 2.16. The molecular weight excluding hydrogens is 300 g/mol. The molecule has 0 radical (unpaired) electrons. The number of hydrogen-bond donors (Lipinski definition) is 1. The van der Waals surface area contributed by atoms with Gasteiger partial charge in [0, 0.05) is 62.6 Å². The first kappa shape index (κ1) is 15.3. The number of hydrogen-bond acceptors (Lipinski definition) is 3. The number of rotatable bonds is 5. The number of nitrogens with zero attached hydrogens (tertiary/aromatic N) is 3. The van der Waals surface area contributed by atoms with Crippen LogP contribution in [0.3, 0.4) is 0 Å². The molecule has 24 heavy (non-hydrogen) atoms. The maximum Gasteiger partial charge on any atom is 0.129 e. The van der Waals surface area contributed by atoms with Crippen LogP contribution >= 0.6 is 0 Å². The Balaban J connectivity index is 1.30. The van der Waals surface area contributed by atoms with Gasteiger partial charge in [0.1, 0.15) is 17.7 Å². The lowest BCUT2D eigenvalue weighted by Gasteiger charge is -2.32. The highest BCUT2D eigenvalue weighted by atomic mass is 16.5.